The molecule has 18 atom stereocenters. The van der Waals surface area contributed by atoms with Gasteiger partial charge in [-0.1, -0.05) is 84.0 Å². The van der Waals surface area contributed by atoms with Crippen LogP contribution >= 0.6 is 0 Å². The van der Waals surface area contributed by atoms with Gasteiger partial charge in [0.1, 0.15) is 111 Å². The SMILES string of the molecule is CCCCCCCCCCCCCCCC(=O)NCCCCC(NC(=O)C(CCCCNC(=O)COCCOCCOCCO[C@@H]1O[C@H](CO)[C@H](O)[C@H](O)[C@H]1NC(C)=O)NC(=O)C(CCCCNC(=O)COCCOCCOCCO[C@@H]1O[C@H](CO)[C@H](O)[C@H](O)[C@H]1NC(C)=O)NC(=O)COCCOCCOCCO[C@@H]1O[C@H](CO)[C@H](O)[C@H](O)[C@H]1NC(C)=O)C(N)=O. The van der Waals surface area contributed by atoms with Crippen molar-refractivity contribution in [2.45, 2.75) is 285 Å². The Kier molecular flexibility index (Phi) is 64.6. The Bertz CT molecular complexity index is 2950. The van der Waals surface area contributed by atoms with Crippen molar-refractivity contribution >= 4 is 59.1 Å². The molecule has 0 aromatic carbocycles. The molecule has 20 N–H and O–H groups in total. The van der Waals surface area contributed by atoms with E-state index in [1.54, 1.807) is 0 Å². The van der Waals surface area contributed by atoms with Crippen molar-refractivity contribution in [3.63, 3.8) is 0 Å². The quantitative estimate of drug-likeness (QED) is 0.0254. The number of aliphatic hydroxyl groups excluding tert-OH is 9. The Morgan fingerprint density at radius 2 is 0.587 bits per heavy atom. The first-order valence-corrected chi connectivity index (χ1v) is 44.5. The van der Waals surface area contributed by atoms with Crippen LogP contribution in [0, 0.1) is 0 Å². The molecule has 3 aliphatic heterocycles. The Labute approximate surface area is 738 Å². The molecule has 10 amide bonds. The Morgan fingerprint density at radius 1 is 0.317 bits per heavy atom. The summed E-state index contributed by atoms with van der Waals surface area (Å²) >= 11 is 0. The molecule has 3 rings (SSSR count). The molecule has 3 aliphatic rings. The van der Waals surface area contributed by atoms with Gasteiger partial charge in [-0.05, 0) is 64.2 Å². The molecule has 3 unspecified atom stereocenters. The topological polar surface area (TPSA) is 626 Å². The summed E-state index contributed by atoms with van der Waals surface area (Å²) < 4.78 is 83.2. The highest BCUT2D eigenvalue weighted by Crippen LogP contribution is 2.26. The highest BCUT2D eigenvalue weighted by atomic mass is 16.7. The zero-order chi connectivity index (χ0) is 92.5. The number of amides is 10. The molecule has 126 heavy (non-hydrogen) atoms. The van der Waals surface area contributed by atoms with E-state index in [-0.39, 0.29) is 183 Å². The summed E-state index contributed by atoms with van der Waals surface area (Å²) in [6.07, 6.45) is 1.99. The van der Waals surface area contributed by atoms with Crippen LogP contribution in [0.25, 0.3) is 0 Å². The molecule has 0 radical (unpaired) electrons. The third-order valence-electron chi connectivity index (χ3n) is 20.4. The van der Waals surface area contributed by atoms with Crippen LogP contribution in [0.5, 0.6) is 0 Å². The lowest BCUT2D eigenvalue weighted by Crippen LogP contribution is -2.64. The maximum atomic E-state index is 14.5. The van der Waals surface area contributed by atoms with Gasteiger partial charge in [0.25, 0.3) is 0 Å². The largest absolute Gasteiger partial charge is 0.394 e. The van der Waals surface area contributed by atoms with Crippen LogP contribution in [0.15, 0.2) is 0 Å². The van der Waals surface area contributed by atoms with E-state index in [1.165, 1.54) is 78.6 Å². The molecule has 44 nitrogen and oxygen atoms in total. The summed E-state index contributed by atoms with van der Waals surface area (Å²) in [5, 5.41) is 115. The summed E-state index contributed by atoms with van der Waals surface area (Å²) in [6, 6.07) is -7.12. The number of primary amides is 1. The van der Waals surface area contributed by atoms with Crippen LogP contribution in [0.1, 0.15) is 175 Å². The number of hydrogen-bond acceptors (Lipinski definition) is 34. The Hall–Kier alpha value is -6.26. The third kappa shape index (κ3) is 51.4. The molecule has 44 heteroatoms. The second-order valence-corrected chi connectivity index (χ2v) is 30.9. The molecular weight excluding hydrogens is 1670 g/mol. The second kappa shape index (κ2) is 71.5. The van der Waals surface area contributed by atoms with E-state index in [0.29, 0.717) is 38.6 Å². The number of hydrogen-bond donors (Lipinski definition) is 19. The average molecular weight is 1820 g/mol. The smallest absolute Gasteiger partial charge is 0.246 e. The standard InChI is InChI=1S/C82H150N10O34/c1-5-6-7-8-9-10-11-12-13-14-15-16-17-27-64(99)84-28-21-18-24-58(77(83)109)91-79(111)60(26-20-23-30-86-66(101)53-119-41-38-113-32-35-116-44-47-122-81-69(88-56(3)97)75(107)72(104)62(50-94)125-81)92-78(110)59(90-67(102)54-120-42-39-114-33-36-117-45-48-123-82-70(89-57(4)98)76(108)73(105)63(51-95)126-82)25-19-22-29-85-65(100)52-118-40-37-112-31-34-115-43-46-121-80-68(87-55(2)96)74(106)71(103)61(49-93)124-80/h58-63,68-76,80-82,93-95,103-108H,5-54H2,1-4H3,(H2,83,109)(H,84,99)(H,85,100)(H,86,101)(H,87,96)(H,88,97)(H,89,98)(H,90,102)(H,91,111)(H,92,110)/t58?,59?,60?,61-,62-,63-,68-,69-,70-,71+,72+,73+,74-,75-,76-,80-,81-,82-/m1/s1. The van der Waals surface area contributed by atoms with E-state index in [0.717, 1.165) is 25.7 Å². The van der Waals surface area contributed by atoms with Gasteiger partial charge in [-0.25, -0.2) is 0 Å². The molecule has 0 aliphatic carbocycles. The van der Waals surface area contributed by atoms with Crippen LogP contribution in [-0.2, 0) is 119 Å². The van der Waals surface area contributed by atoms with Gasteiger partial charge < -0.3 is 171 Å². The van der Waals surface area contributed by atoms with Crippen LogP contribution in [-0.4, -0.2) is 393 Å². The van der Waals surface area contributed by atoms with Gasteiger partial charge in [0.2, 0.25) is 59.1 Å². The minimum Gasteiger partial charge on any atom is -0.394 e. The zero-order valence-corrected chi connectivity index (χ0v) is 74.1. The number of nitrogens with one attached hydrogen (secondary N) is 9. The van der Waals surface area contributed by atoms with Crippen molar-refractivity contribution in [1.29, 1.82) is 0 Å². The number of aliphatic hydroxyl groups is 9. The zero-order valence-electron chi connectivity index (χ0n) is 74.1. The number of rotatable bonds is 77. The maximum absolute atomic E-state index is 14.5. The first-order chi connectivity index (χ1) is 60.8. The molecule has 0 spiro atoms. The van der Waals surface area contributed by atoms with Gasteiger partial charge in [-0.3, -0.25) is 47.9 Å². The Balaban J connectivity index is 1.58. The molecule has 3 heterocycles. The van der Waals surface area contributed by atoms with Crippen molar-refractivity contribution in [2.24, 2.45) is 5.73 Å². The minimum absolute atomic E-state index is 0.00651. The minimum atomic E-state index is -1.49. The van der Waals surface area contributed by atoms with Crippen LogP contribution in [0.4, 0.5) is 0 Å². The van der Waals surface area contributed by atoms with Crippen LogP contribution in [0.2, 0.25) is 0 Å². The summed E-state index contributed by atoms with van der Waals surface area (Å²) in [5.74, 6) is -5.60. The van der Waals surface area contributed by atoms with Crippen molar-refractivity contribution < 1.29 is 165 Å². The van der Waals surface area contributed by atoms with E-state index in [1.807, 2.05) is 0 Å². The summed E-state index contributed by atoms with van der Waals surface area (Å²) in [4.78, 5) is 129. The van der Waals surface area contributed by atoms with Gasteiger partial charge >= 0.3 is 0 Å². The number of carbonyl (C=O) groups excluding carboxylic acids is 10. The van der Waals surface area contributed by atoms with Gasteiger partial charge in [0, 0.05) is 46.8 Å². The van der Waals surface area contributed by atoms with Crippen molar-refractivity contribution in [1.82, 2.24) is 47.9 Å². The maximum Gasteiger partial charge on any atom is 0.246 e. The molecule has 3 saturated heterocycles. The fraction of sp³-hybridized carbons (Fsp3) is 0.878. The van der Waals surface area contributed by atoms with Crippen LogP contribution in [0.3, 0.4) is 0 Å². The lowest BCUT2D eigenvalue weighted by molar-refractivity contribution is -0.272. The highest BCUT2D eigenvalue weighted by Gasteiger charge is 2.48. The average Bonchev–Trinajstić information content (AvgIpc) is 0.817. The first kappa shape index (κ1) is 114. The third-order valence-corrected chi connectivity index (χ3v) is 20.4. The highest BCUT2D eigenvalue weighted by molar-refractivity contribution is 5.94. The van der Waals surface area contributed by atoms with E-state index < -0.39 is 190 Å². The van der Waals surface area contributed by atoms with Gasteiger partial charge in [0.05, 0.1) is 139 Å². The van der Waals surface area contributed by atoms with Crippen molar-refractivity contribution in [2.75, 3.05) is 178 Å². The van der Waals surface area contributed by atoms with Gasteiger partial charge in [-0.2, -0.15) is 0 Å². The molecule has 0 saturated carbocycles. The van der Waals surface area contributed by atoms with E-state index in [2.05, 4.69) is 54.8 Å². The number of nitrogens with two attached hydrogens (primary N) is 1. The predicted molar refractivity (Wildman–Crippen MR) is 447 cm³/mol. The lowest BCUT2D eigenvalue weighted by atomic mass is 9.97. The number of ether oxygens (including phenoxy) is 15. The molecular formula is C82H150N10O34. The molecule has 3 fully saturated rings. The van der Waals surface area contributed by atoms with Crippen LogP contribution < -0.4 is 53.6 Å². The van der Waals surface area contributed by atoms with E-state index >= 15 is 0 Å². The Morgan fingerprint density at radius 3 is 0.897 bits per heavy atom. The fourth-order valence-electron chi connectivity index (χ4n) is 13.5. The molecule has 0 aromatic heterocycles. The summed E-state index contributed by atoms with van der Waals surface area (Å²) in [6.45, 7) is 4.51. The number of unbranched alkanes of at least 4 members (excludes halogenated alkanes) is 15. The van der Waals surface area contributed by atoms with Gasteiger partial charge in [-0.15, -0.1) is 0 Å². The van der Waals surface area contributed by atoms with E-state index in [9.17, 15) is 93.9 Å². The summed E-state index contributed by atoms with van der Waals surface area (Å²) in [7, 11) is 0. The second-order valence-electron chi connectivity index (χ2n) is 30.9. The molecule has 0 bridgehead atoms. The van der Waals surface area contributed by atoms with E-state index in [4.69, 9.17) is 76.8 Å². The monoisotopic (exact) mass is 1820 g/mol. The van der Waals surface area contributed by atoms with Gasteiger partial charge in [0.15, 0.2) is 18.9 Å². The molecule has 732 valence electrons. The molecule has 0 aromatic rings. The first-order valence-electron chi connectivity index (χ1n) is 44.5. The number of carbonyl (C=O) groups is 10. The van der Waals surface area contributed by atoms with Crippen molar-refractivity contribution in [3.05, 3.63) is 0 Å². The fourth-order valence-corrected chi connectivity index (χ4v) is 13.5. The normalized spacial score (nSPS) is 23.1. The lowest BCUT2D eigenvalue weighted by Gasteiger charge is -2.42. The predicted octanol–water partition coefficient (Wildman–Crippen LogP) is -4.70. The summed E-state index contributed by atoms with van der Waals surface area (Å²) in [5.41, 5.74) is 5.85. The van der Waals surface area contributed by atoms with Crippen molar-refractivity contribution in [3.8, 4) is 0 Å².